The molecule has 0 atom stereocenters. The van der Waals surface area contributed by atoms with E-state index in [2.05, 4.69) is 29.4 Å². The number of benzene rings is 1. The number of hydrogen-bond donors (Lipinski definition) is 2. The van der Waals surface area contributed by atoms with Crippen LogP contribution in [0.4, 0.5) is 5.69 Å². The first-order chi connectivity index (χ1) is 10.9. The van der Waals surface area contributed by atoms with Crippen LogP contribution in [-0.4, -0.2) is 30.6 Å². The fraction of sp³-hybridized carbons (Fsp3) is 0.444. The van der Waals surface area contributed by atoms with Gasteiger partial charge in [0.15, 0.2) is 0 Å². The van der Waals surface area contributed by atoms with Gasteiger partial charge < -0.3 is 15.5 Å². The van der Waals surface area contributed by atoms with Crippen molar-refractivity contribution in [3.63, 3.8) is 0 Å². The average Bonchev–Trinajstić information content (AvgIpc) is 2.53. The number of amides is 2. The molecule has 1 aliphatic heterocycles. The Morgan fingerprint density at radius 1 is 1.00 bits per heavy atom. The zero-order valence-electron chi connectivity index (χ0n) is 14.3. The second kappa shape index (κ2) is 6.86. The maximum Gasteiger partial charge on any atom is 0.258 e. The standard InChI is InChI=1S/C18H25N3O2/c1-5-18(4)19-16(22)15(17(23)20-18)12-13-8-10-14(11-9-13)21(6-2)7-3/h8-12H,5-7H2,1-4H3,(H,19,22)(H,20,23). The van der Waals surface area contributed by atoms with E-state index >= 15 is 0 Å². The van der Waals surface area contributed by atoms with E-state index in [0.717, 1.165) is 24.3 Å². The number of nitrogens with one attached hydrogen (secondary N) is 2. The molecule has 0 saturated carbocycles. The Balaban J connectivity index is 2.22. The van der Waals surface area contributed by atoms with Crippen LogP contribution < -0.4 is 15.5 Å². The van der Waals surface area contributed by atoms with Gasteiger partial charge in [0.2, 0.25) is 0 Å². The predicted octanol–water partition coefficient (Wildman–Crippen LogP) is 2.29. The molecule has 5 nitrogen and oxygen atoms in total. The molecule has 0 aliphatic carbocycles. The van der Waals surface area contributed by atoms with Crippen LogP contribution >= 0.6 is 0 Å². The van der Waals surface area contributed by atoms with Gasteiger partial charge in [-0.3, -0.25) is 9.59 Å². The van der Waals surface area contributed by atoms with Crippen molar-refractivity contribution in [1.82, 2.24) is 10.6 Å². The number of rotatable bonds is 5. The van der Waals surface area contributed by atoms with Gasteiger partial charge in [-0.2, -0.15) is 0 Å². The van der Waals surface area contributed by atoms with Crippen molar-refractivity contribution in [3.05, 3.63) is 35.4 Å². The summed E-state index contributed by atoms with van der Waals surface area (Å²) in [5, 5.41) is 5.69. The highest BCUT2D eigenvalue weighted by atomic mass is 16.2. The third kappa shape index (κ3) is 3.73. The number of hydrogen-bond acceptors (Lipinski definition) is 3. The van der Waals surface area contributed by atoms with Crippen molar-refractivity contribution in [1.29, 1.82) is 0 Å². The fourth-order valence-electron chi connectivity index (χ4n) is 2.61. The van der Waals surface area contributed by atoms with Gasteiger partial charge in [0, 0.05) is 18.8 Å². The van der Waals surface area contributed by atoms with E-state index < -0.39 is 5.66 Å². The second-order valence-electron chi connectivity index (χ2n) is 5.92. The highest BCUT2D eigenvalue weighted by Crippen LogP contribution is 2.19. The molecule has 0 spiro atoms. The van der Waals surface area contributed by atoms with Crippen LogP contribution in [0.5, 0.6) is 0 Å². The summed E-state index contributed by atoms with van der Waals surface area (Å²) < 4.78 is 0. The second-order valence-corrected chi connectivity index (χ2v) is 5.92. The molecular formula is C18H25N3O2. The molecule has 1 aromatic rings. The van der Waals surface area contributed by atoms with Gasteiger partial charge in [0.05, 0.1) is 0 Å². The molecule has 0 radical (unpaired) electrons. The van der Waals surface area contributed by atoms with E-state index in [1.54, 1.807) is 13.0 Å². The Kier molecular flexibility index (Phi) is 5.08. The van der Waals surface area contributed by atoms with E-state index in [0.29, 0.717) is 6.42 Å². The summed E-state index contributed by atoms with van der Waals surface area (Å²) in [5.74, 6) is -0.656. The Morgan fingerprint density at radius 2 is 1.52 bits per heavy atom. The van der Waals surface area contributed by atoms with Crippen molar-refractivity contribution in [2.24, 2.45) is 0 Å². The van der Waals surface area contributed by atoms with Crippen LogP contribution in [0.3, 0.4) is 0 Å². The molecule has 5 heteroatoms. The molecule has 2 rings (SSSR count). The van der Waals surface area contributed by atoms with E-state index in [-0.39, 0.29) is 17.4 Å². The quantitative estimate of drug-likeness (QED) is 0.647. The van der Waals surface area contributed by atoms with Crippen LogP contribution in [0.25, 0.3) is 6.08 Å². The molecule has 0 unspecified atom stereocenters. The first kappa shape index (κ1) is 17.1. The molecule has 1 saturated heterocycles. The summed E-state index contributed by atoms with van der Waals surface area (Å²) in [6.07, 6.45) is 2.27. The van der Waals surface area contributed by atoms with Crippen LogP contribution in [-0.2, 0) is 9.59 Å². The van der Waals surface area contributed by atoms with E-state index in [9.17, 15) is 9.59 Å². The van der Waals surface area contributed by atoms with Crippen LogP contribution in [0.15, 0.2) is 29.8 Å². The van der Waals surface area contributed by atoms with Crippen LogP contribution in [0, 0.1) is 0 Å². The summed E-state index contributed by atoms with van der Waals surface area (Å²) in [5.41, 5.74) is 1.44. The van der Waals surface area contributed by atoms with Crippen molar-refractivity contribution >= 4 is 23.6 Å². The lowest BCUT2D eigenvalue weighted by Gasteiger charge is -2.35. The molecule has 0 bridgehead atoms. The molecular weight excluding hydrogens is 290 g/mol. The zero-order chi connectivity index (χ0) is 17.0. The maximum absolute atomic E-state index is 12.2. The first-order valence-corrected chi connectivity index (χ1v) is 8.14. The summed E-state index contributed by atoms with van der Waals surface area (Å²) in [6, 6.07) is 7.87. The third-order valence-corrected chi connectivity index (χ3v) is 4.31. The number of carbonyl (C=O) groups is 2. The molecule has 1 aromatic carbocycles. The minimum atomic E-state index is -0.669. The SMILES string of the molecule is CCN(CC)c1ccc(C=C2C(=O)NC(C)(CC)NC2=O)cc1. The van der Waals surface area contributed by atoms with Gasteiger partial charge in [0.1, 0.15) is 11.2 Å². The monoisotopic (exact) mass is 315 g/mol. The highest BCUT2D eigenvalue weighted by Gasteiger charge is 2.35. The maximum atomic E-state index is 12.2. The predicted molar refractivity (Wildman–Crippen MR) is 93.0 cm³/mol. The van der Waals surface area contributed by atoms with Gasteiger partial charge in [-0.25, -0.2) is 0 Å². The smallest absolute Gasteiger partial charge is 0.258 e. The number of anilines is 1. The third-order valence-electron chi connectivity index (χ3n) is 4.31. The Morgan fingerprint density at radius 3 is 1.96 bits per heavy atom. The largest absolute Gasteiger partial charge is 0.372 e. The lowest BCUT2D eigenvalue weighted by atomic mass is 10.0. The van der Waals surface area contributed by atoms with E-state index in [1.807, 2.05) is 31.2 Å². The van der Waals surface area contributed by atoms with Crippen molar-refractivity contribution in [2.45, 2.75) is 39.8 Å². The van der Waals surface area contributed by atoms with E-state index in [4.69, 9.17) is 0 Å². The Labute approximate surface area is 137 Å². The molecule has 1 fully saturated rings. The molecule has 2 N–H and O–H groups in total. The van der Waals surface area contributed by atoms with Crippen molar-refractivity contribution < 1.29 is 9.59 Å². The summed E-state index contributed by atoms with van der Waals surface area (Å²) in [6.45, 7) is 9.83. The lowest BCUT2D eigenvalue weighted by Crippen LogP contribution is -2.64. The van der Waals surface area contributed by atoms with Gasteiger partial charge >= 0.3 is 0 Å². The minimum Gasteiger partial charge on any atom is -0.372 e. The zero-order valence-corrected chi connectivity index (χ0v) is 14.3. The highest BCUT2D eigenvalue weighted by molar-refractivity contribution is 6.23. The first-order valence-electron chi connectivity index (χ1n) is 8.14. The van der Waals surface area contributed by atoms with Crippen LogP contribution in [0.2, 0.25) is 0 Å². The fourth-order valence-corrected chi connectivity index (χ4v) is 2.61. The van der Waals surface area contributed by atoms with Gasteiger partial charge in [0.25, 0.3) is 11.8 Å². The van der Waals surface area contributed by atoms with Gasteiger partial charge in [-0.05, 0) is 51.0 Å². The minimum absolute atomic E-state index is 0.145. The molecule has 23 heavy (non-hydrogen) atoms. The Bertz CT molecular complexity index is 596. The van der Waals surface area contributed by atoms with Gasteiger partial charge in [-0.1, -0.05) is 19.1 Å². The Hall–Kier alpha value is -2.30. The number of nitrogens with zero attached hydrogens (tertiary/aromatic N) is 1. The molecule has 1 aliphatic rings. The van der Waals surface area contributed by atoms with E-state index in [1.165, 1.54) is 0 Å². The van der Waals surface area contributed by atoms with Crippen LogP contribution in [0.1, 0.15) is 39.7 Å². The van der Waals surface area contributed by atoms with Crippen molar-refractivity contribution in [2.75, 3.05) is 18.0 Å². The topological polar surface area (TPSA) is 61.4 Å². The normalized spacial score (nSPS) is 20.8. The molecule has 2 amide bonds. The van der Waals surface area contributed by atoms with Crippen molar-refractivity contribution in [3.8, 4) is 0 Å². The summed E-state index contributed by atoms with van der Waals surface area (Å²) >= 11 is 0. The summed E-state index contributed by atoms with van der Waals surface area (Å²) in [7, 11) is 0. The van der Waals surface area contributed by atoms with Gasteiger partial charge in [-0.15, -0.1) is 0 Å². The number of carbonyl (C=O) groups excluding carboxylic acids is 2. The molecule has 0 aromatic heterocycles. The average molecular weight is 315 g/mol. The lowest BCUT2D eigenvalue weighted by molar-refractivity contribution is -0.130. The molecule has 1 heterocycles. The molecule has 124 valence electrons. The summed E-state index contributed by atoms with van der Waals surface area (Å²) in [4.78, 5) is 26.6.